The topological polar surface area (TPSA) is 15.3 Å². The zero-order valence-electron chi connectivity index (χ0n) is 10.7. The van der Waals surface area contributed by atoms with Crippen LogP contribution < -0.4 is 5.32 Å². The fourth-order valence-corrected chi connectivity index (χ4v) is 2.57. The molecule has 0 bridgehead atoms. The van der Waals surface area contributed by atoms with Gasteiger partial charge in [-0.25, -0.2) is 0 Å². The van der Waals surface area contributed by atoms with Crippen molar-refractivity contribution in [2.45, 2.75) is 44.8 Å². The van der Waals surface area contributed by atoms with Crippen LogP contribution in [0.1, 0.15) is 32.6 Å². The predicted molar refractivity (Wildman–Crippen MR) is 63.0 cm³/mol. The lowest BCUT2D eigenvalue weighted by Crippen LogP contribution is -2.47. The number of nitrogens with one attached hydrogen (secondary N) is 1. The molecule has 1 N–H and O–H groups in total. The van der Waals surface area contributed by atoms with Gasteiger partial charge in [-0.1, -0.05) is 13.3 Å². The fourth-order valence-electron chi connectivity index (χ4n) is 2.57. The van der Waals surface area contributed by atoms with Crippen LogP contribution in [0.15, 0.2) is 0 Å². The van der Waals surface area contributed by atoms with Gasteiger partial charge in [-0.3, -0.25) is 4.90 Å². The summed E-state index contributed by atoms with van der Waals surface area (Å²) in [6.07, 6.45) is -1.36. The van der Waals surface area contributed by atoms with Crippen molar-refractivity contribution in [3.8, 4) is 0 Å². The molecule has 17 heavy (non-hydrogen) atoms. The van der Waals surface area contributed by atoms with Gasteiger partial charge in [-0.15, -0.1) is 0 Å². The molecular formula is C12H23F3N2. The monoisotopic (exact) mass is 252 g/mol. The zero-order valence-corrected chi connectivity index (χ0v) is 10.7. The second-order valence-corrected chi connectivity index (χ2v) is 4.85. The molecule has 102 valence electrons. The van der Waals surface area contributed by atoms with E-state index >= 15 is 0 Å². The van der Waals surface area contributed by atoms with Crippen molar-refractivity contribution in [1.82, 2.24) is 10.2 Å². The Morgan fingerprint density at radius 1 is 1.29 bits per heavy atom. The number of rotatable bonds is 5. The van der Waals surface area contributed by atoms with E-state index in [9.17, 15) is 13.2 Å². The third-order valence-electron chi connectivity index (χ3n) is 3.57. The minimum atomic E-state index is -4.00. The summed E-state index contributed by atoms with van der Waals surface area (Å²) in [5, 5.41) is 3.13. The first-order valence-corrected chi connectivity index (χ1v) is 6.44. The third kappa shape index (κ3) is 4.47. The summed E-state index contributed by atoms with van der Waals surface area (Å²) < 4.78 is 37.6. The molecule has 0 saturated carbocycles. The molecule has 1 rings (SSSR count). The molecular weight excluding hydrogens is 229 g/mol. The van der Waals surface area contributed by atoms with E-state index in [4.69, 9.17) is 0 Å². The number of nitrogens with zero attached hydrogens (tertiary/aromatic N) is 1. The van der Waals surface area contributed by atoms with Crippen LogP contribution >= 0.6 is 0 Å². The molecule has 1 aliphatic rings. The van der Waals surface area contributed by atoms with Gasteiger partial charge in [-0.05, 0) is 39.4 Å². The van der Waals surface area contributed by atoms with Gasteiger partial charge < -0.3 is 5.32 Å². The summed E-state index contributed by atoms with van der Waals surface area (Å²) in [5.41, 5.74) is 0. The highest BCUT2D eigenvalue weighted by atomic mass is 19.4. The first-order chi connectivity index (χ1) is 7.99. The van der Waals surface area contributed by atoms with Gasteiger partial charge in [0.25, 0.3) is 0 Å². The summed E-state index contributed by atoms with van der Waals surface area (Å²) in [6, 6.07) is 0.388. The molecule has 5 heteroatoms. The minimum absolute atomic E-state index is 0.257. The molecule has 1 unspecified atom stereocenters. The van der Waals surface area contributed by atoms with Crippen molar-refractivity contribution in [3.05, 3.63) is 0 Å². The van der Waals surface area contributed by atoms with Gasteiger partial charge in [0.2, 0.25) is 0 Å². The summed E-state index contributed by atoms with van der Waals surface area (Å²) >= 11 is 0. The maximum atomic E-state index is 12.5. The molecule has 1 aliphatic heterocycles. The lowest BCUT2D eigenvalue weighted by Gasteiger charge is -2.38. The van der Waals surface area contributed by atoms with Crippen LogP contribution in [0.25, 0.3) is 0 Å². The van der Waals surface area contributed by atoms with E-state index < -0.39 is 12.1 Å². The van der Waals surface area contributed by atoms with E-state index in [0.29, 0.717) is 19.1 Å². The van der Waals surface area contributed by atoms with Crippen molar-refractivity contribution < 1.29 is 13.2 Å². The van der Waals surface area contributed by atoms with Gasteiger partial charge in [0, 0.05) is 12.6 Å². The minimum Gasteiger partial charge on any atom is -0.318 e. The highest BCUT2D eigenvalue weighted by Gasteiger charge is 2.41. The number of likely N-dealkylation sites (tertiary alicyclic amines) is 1. The number of hydrogen-bond donors (Lipinski definition) is 1. The highest BCUT2D eigenvalue weighted by molar-refractivity contribution is 4.82. The summed E-state index contributed by atoms with van der Waals surface area (Å²) in [7, 11) is 1.89. The molecule has 0 spiro atoms. The van der Waals surface area contributed by atoms with E-state index in [-0.39, 0.29) is 12.8 Å². The molecule has 0 aliphatic carbocycles. The second-order valence-electron chi connectivity index (χ2n) is 4.85. The van der Waals surface area contributed by atoms with Crippen LogP contribution in [0, 0.1) is 5.92 Å². The van der Waals surface area contributed by atoms with Gasteiger partial charge in [0.15, 0.2) is 0 Å². The third-order valence-corrected chi connectivity index (χ3v) is 3.57. The molecule has 0 aromatic rings. The van der Waals surface area contributed by atoms with Crippen LogP contribution in [-0.4, -0.2) is 43.8 Å². The van der Waals surface area contributed by atoms with Crippen molar-refractivity contribution >= 4 is 0 Å². The number of piperidine rings is 1. The fraction of sp³-hybridized carbons (Fsp3) is 1.00. The summed E-state index contributed by atoms with van der Waals surface area (Å²) in [4.78, 5) is 2.21. The molecule has 2 nitrogen and oxygen atoms in total. The molecule has 1 atom stereocenters. The van der Waals surface area contributed by atoms with Crippen molar-refractivity contribution in [2.24, 2.45) is 5.92 Å². The number of alkyl halides is 3. The standard InChI is InChI=1S/C12H23F3N2/c1-3-4-11(9-16-2)17-7-5-10(6-8-17)12(13,14)15/h10-11,16H,3-9H2,1-2H3. The second kappa shape index (κ2) is 6.59. The maximum Gasteiger partial charge on any atom is 0.391 e. The first-order valence-electron chi connectivity index (χ1n) is 6.44. The molecule has 0 aromatic heterocycles. The van der Waals surface area contributed by atoms with E-state index in [0.717, 1.165) is 19.4 Å². The zero-order chi connectivity index (χ0) is 12.9. The Bertz CT molecular complexity index is 204. The molecule has 1 saturated heterocycles. The Morgan fingerprint density at radius 3 is 2.29 bits per heavy atom. The number of likely N-dealkylation sites (N-methyl/N-ethyl adjacent to an activating group) is 1. The van der Waals surface area contributed by atoms with Gasteiger partial charge in [0.1, 0.15) is 0 Å². The van der Waals surface area contributed by atoms with E-state index in [1.54, 1.807) is 0 Å². The van der Waals surface area contributed by atoms with Gasteiger partial charge >= 0.3 is 6.18 Å². The van der Waals surface area contributed by atoms with E-state index in [2.05, 4.69) is 17.1 Å². The van der Waals surface area contributed by atoms with Gasteiger partial charge in [-0.2, -0.15) is 13.2 Å². The Labute approximate surface area is 102 Å². The van der Waals surface area contributed by atoms with Crippen molar-refractivity contribution in [1.29, 1.82) is 0 Å². The average Bonchev–Trinajstić information content (AvgIpc) is 2.28. The number of hydrogen-bond acceptors (Lipinski definition) is 2. The van der Waals surface area contributed by atoms with Gasteiger partial charge in [0.05, 0.1) is 5.92 Å². The first kappa shape index (κ1) is 14.8. The van der Waals surface area contributed by atoms with Crippen molar-refractivity contribution in [3.63, 3.8) is 0 Å². The smallest absolute Gasteiger partial charge is 0.318 e. The Balaban J connectivity index is 2.43. The Morgan fingerprint density at radius 2 is 1.88 bits per heavy atom. The number of halogens is 3. The molecule has 1 heterocycles. The maximum absolute atomic E-state index is 12.5. The largest absolute Gasteiger partial charge is 0.391 e. The Hall–Kier alpha value is -0.290. The normalized spacial score (nSPS) is 21.7. The van der Waals surface area contributed by atoms with Crippen LogP contribution in [0.5, 0.6) is 0 Å². The highest BCUT2D eigenvalue weighted by Crippen LogP contribution is 2.34. The molecule has 0 radical (unpaired) electrons. The quantitative estimate of drug-likeness (QED) is 0.809. The van der Waals surface area contributed by atoms with Crippen LogP contribution in [0.2, 0.25) is 0 Å². The predicted octanol–water partition coefficient (Wildman–Crippen LogP) is 2.65. The van der Waals surface area contributed by atoms with Crippen LogP contribution in [0.4, 0.5) is 13.2 Å². The lowest BCUT2D eigenvalue weighted by atomic mass is 9.94. The summed E-state index contributed by atoms with van der Waals surface area (Å²) in [5.74, 6) is -1.09. The lowest BCUT2D eigenvalue weighted by molar-refractivity contribution is -0.186. The van der Waals surface area contributed by atoms with Crippen LogP contribution in [-0.2, 0) is 0 Å². The van der Waals surface area contributed by atoms with E-state index in [1.807, 2.05) is 7.05 Å². The average molecular weight is 252 g/mol. The van der Waals surface area contributed by atoms with Crippen molar-refractivity contribution in [2.75, 3.05) is 26.7 Å². The summed E-state index contributed by atoms with van der Waals surface area (Å²) in [6.45, 7) is 4.14. The van der Waals surface area contributed by atoms with Crippen LogP contribution in [0.3, 0.4) is 0 Å². The Kier molecular flexibility index (Phi) is 5.73. The van der Waals surface area contributed by atoms with E-state index in [1.165, 1.54) is 0 Å². The molecule has 0 aromatic carbocycles. The SMILES string of the molecule is CCCC(CNC)N1CCC(C(F)(F)F)CC1. The molecule has 1 fully saturated rings. The molecule has 0 amide bonds.